The van der Waals surface area contributed by atoms with Crippen molar-refractivity contribution in [3.8, 4) is 0 Å². The molecule has 1 aliphatic rings. The lowest BCUT2D eigenvalue weighted by molar-refractivity contribution is -0.138. The van der Waals surface area contributed by atoms with Gasteiger partial charge in [0, 0.05) is 5.41 Å². The molecule has 1 fully saturated rings. The van der Waals surface area contributed by atoms with Crippen LogP contribution < -0.4 is 0 Å². The molecule has 0 N–H and O–H groups in total. The predicted molar refractivity (Wildman–Crippen MR) is 80.7 cm³/mol. The molecular formula is C17H23NO3. The molecule has 0 aromatic heterocycles. The molecule has 2 rings (SSSR count). The minimum absolute atomic E-state index is 0.160. The Morgan fingerprint density at radius 1 is 1.33 bits per heavy atom. The summed E-state index contributed by atoms with van der Waals surface area (Å²) in [7, 11) is 0. The minimum atomic E-state index is -0.641. The lowest BCUT2D eigenvalue weighted by atomic mass is 9.83. The summed E-state index contributed by atoms with van der Waals surface area (Å²) in [5, 5.41) is 0. The summed E-state index contributed by atoms with van der Waals surface area (Å²) in [5.74, 6) is 0.0282. The van der Waals surface area contributed by atoms with Crippen LogP contribution in [0.3, 0.4) is 0 Å². The van der Waals surface area contributed by atoms with E-state index in [0.29, 0.717) is 13.0 Å². The number of imide groups is 1. The zero-order valence-corrected chi connectivity index (χ0v) is 13.1. The molecule has 0 bridgehead atoms. The third-order valence-corrected chi connectivity index (χ3v) is 3.96. The van der Waals surface area contributed by atoms with Crippen LogP contribution in [0, 0.1) is 11.3 Å². The van der Waals surface area contributed by atoms with Crippen LogP contribution in [-0.4, -0.2) is 29.5 Å². The van der Waals surface area contributed by atoms with Gasteiger partial charge in [0.1, 0.15) is 6.61 Å². The molecule has 1 aromatic rings. The number of hydrogen-bond acceptors (Lipinski definition) is 3. The second kappa shape index (κ2) is 5.88. The van der Waals surface area contributed by atoms with Crippen LogP contribution >= 0.6 is 0 Å². The fourth-order valence-corrected chi connectivity index (χ4v) is 2.67. The van der Waals surface area contributed by atoms with Gasteiger partial charge in [-0.15, -0.1) is 0 Å². The maximum Gasteiger partial charge on any atom is 0.417 e. The van der Waals surface area contributed by atoms with Crippen molar-refractivity contribution in [1.29, 1.82) is 0 Å². The summed E-state index contributed by atoms with van der Waals surface area (Å²) in [4.78, 5) is 26.0. The van der Waals surface area contributed by atoms with Gasteiger partial charge in [-0.3, -0.25) is 4.79 Å². The van der Waals surface area contributed by atoms with E-state index in [0.717, 1.165) is 5.56 Å². The third kappa shape index (κ3) is 3.26. The Morgan fingerprint density at radius 3 is 2.52 bits per heavy atom. The average molecular weight is 289 g/mol. The molecule has 0 aliphatic carbocycles. The van der Waals surface area contributed by atoms with Crippen molar-refractivity contribution in [2.45, 2.75) is 40.2 Å². The lowest BCUT2D eigenvalue weighted by Gasteiger charge is -2.31. The van der Waals surface area contributed by atoms with Crippen molar-refractivity contribution >= 4 is 12.0 Å². The number of cyclic esters (lactones) is 1. The van der Waals surface area contributed by atoms with E-state index in [-0.39, 0.29) is 17.9 Å². The number of carbonyl (C=O) groups excluding carboxylic acids is 2. The Bertz CT molecular complexity index is 522. The van der Waals surface area contributed by atoms with Crippen molar-refractivity contribution in [3.05, 3.63) is 35.9 Å². The molecule has 0 saturated carbocycles. The summed E-state index contributed by atoms with van der Waals surface area (Å²) in [6, 6.07) is 9.69. The Morgan fingerprint density at radius 2 is 1.95 bits per heavy atom. The summed E-state index contributed by atoms with van der Waals surface area (Å²) < 4.78 is 5.07. The van der Waals surface area contributed by atoms with Crippen LogP contribution in [0.25, 0.3) is 0 Å². The molecule has 0 spiro atoms. The zero-order valence-electron chi connectivity index (χ0n) is 13.1. The van der Waals surface area contributed by atoms with Gasteiger partial charge < -0.3 is 4.74 Å². The number of benzene rings is 1. The van der Waals surface area contributed by atoms with E-state index in [9.17, 15) is 9.59 Å². The van der Waals surface area contributed by atoms with Gasteiger partial charge in [0.2, 0.25) is 5.91 Å². The fourth-order valence-electron chi connectivity index (χ4n) is 2.67. The SMILES string of the molecule is CC(C)[C@H]1COC(=O)N1C(=O)C(C)(C)Cc1ccccc1. The van der Waals surface area contributed by atoms with Crippen LogP contribution in [0.2, 0.25) is 0 Å². The Balaban J connectivity index is 2.19. The highest BCUT2D eigenvalue weighted by Gasteiger charge is 2.44. The average Bonchev–Trinajstić information content (AvgIpc) is 2.80. The van der Waals surface area contributed by atoms with Crippen LogP contribution in [0.5, 0.6) is 0 Å². The van der Waals surface area contributed by atoms with E-state index in [2.05, 4.69) is 0 Å². The number of carbonyl (C=O) groups is 2. The first-order valence-corrected chi connectivity index (χ1v) is 7.37. The number of nitrogens with zero attached hydrogens (tertiary/aromatic N) is 1. The number of rotatable bonds is 4. The molecule has 4 heteroatoms. The molecule has 0 unspecified atom stereocenters. The van der Waals surface area contributed by atoms with Gasteiger partial charge in [-0.05, 0) is 17.9 Å². The highest BCUT2D eigenvalue weighted by Crippen LogP contribution is 2.30. The minimum Gasteiger partial charge on any atom is -0.447 e. The summed E-state index contributed by atoms with van der Waals surface area (Å²) >= 11 is 0. The van der Waals surface area contributed by atoms with Crippen molar-refractivity contribution < 1.29 is 14.3 Å². The molecule has 1 aromatic carbocycles. The molecule has 1 saturated heterocycles. The molecule has 114 valence electrons. The largest absolute Gasteiger partial charge is 0.447 e. The topological polar surface area (TPSA) is 46.6 Å². The molecular weight excluding hydrogens is 266 g/mol. The molecule has 21 heavy (non-hydrogen) atoms. The number of ether oxygens (including phenoxy) is 1. The van der Waals surface area contributed by atoms with E-state index >= 15 is 0 Å². The third-order valence-electron chi connectivity index (χ3n) is 3.96. The first-order chi connectivity index (χ1) is 9.83. The van der Waals surface area contributed by atoms with E-state index in [1.54, 1.807) is 0 Å². The molecule has 0 radical (unpaired) electrons. The van der Waals surface area contributed by atoms with Gasteiger partial charge in [-0.25, -0.2) is 9.69 Å². The van der Waals surface area contributed by atoms with Crippen molar-refractivity contribution in [1.82, 2.24) is 4.90 Å². The molecule has 1 aliphatic heterocycles. The van der Waals surface area contributed by atoms with Gasteiger partial charge in [-0.2, -0.15) is 0 Å². The van der Waals surface area contributed by atoms with Gasteiger partial charge >= 0.3 is 6.09 Å². The van der Waals surface area contributed by atoms with Crippen LogP contribution in [0.15, 0.2) is 30.3 Å². The molecule has 1 atom stereocenters. The standard InChI is InChI=1S/C17H23NO3/c1-12(2)14-11-21-16(20)18(14)15(19)17(3,4)10-13-8-6-5-7-9-13/h5-9,12,14H,10-11H2,1-4H3/t14-/m1/s1. The normalized spacial score (nSPS) is 19.0. The second-order valence-corrected chi connectivity index (χ2v) is 6.61. The van der Waals surface area contributed by atoms with E-state index < -0.39 is 11.5 Å². The smallest absolute Gasteiger partial charge is 0.417 e. The molecule has 1 heterocycles. The Labute approximate surface area is 126 Å². The van der Waals surface area contributed by atoms with E-state index in [1.165, 1.54) is 4.90 Å². The second-order valence-electron chi connectivity index (χ2n) is 6.61. The van der Waals surface area contributed by atoms with Gasteiger partial charge in [0.05, 0.1) is 6.04 Å². The van der Waals surface area contributed by atoms with Crippen LogP contribution in [0.4, 0.5) is 4.79 Å². The van der Waals surface area contributed by atoms with E-state index in [4.69, 9.17) is 4.74 Å². The summed E-state index contributed by atoms with van der Waals surface area (Å²) in [5.41, 5.74) is 0.446. The Hall–Kier alpha value is -1.84. The fraction of sp³-hybridized carbons (Fsp3) is 0.529. The maximum absolute atomic E-state index is 12.8. The van der Waals surface area contributed by atoms with Crippen molar-refractivity contribution in [2.75, 3.05) is 6.61 Å². The van der Waals surface area contributed by atoms with Gasteiger partial charge in [0.15, 0.2) is 0 Å². The Kier molecular flexibility index (Phi) is 4.35. The monoisotopic (exact) mass is 289 g/mol. The van der Waals surface area contributed by atoms with E-state index in [1.807, 2.05) is 58.0 Å². The highest BCUT2D eigenvalue weighted by atomic mass is 16.6. The summed E-state index contributed by atoms with van der Waals surface area (Å²) in [6.07, 6.45) is 0.0844. The number of hydrogen-bond donors (Lipinski definition) is 0. The van der Waals surface area contributed by atoms with Gasteiger partial charge in [-0.1, -0.05) is 58.0 Å². The first-order valence-electron chi connectivity index (χ1n) is 7.37. The lowest BCUT2D eigenvalue weighted by Crippen LogP contribution is -2.48. The molecule has 2 amide bonds. The molecule has 4 nitrogen and oxygen atoms in total. The quantitative estimate of drug-likeness (QED) is 0.854. The zero-order chi connectivity index (χ0) is 15.6. The van der Waals surface area contributed by atoms with Crippen LogP contribution in [0.1, 0.15) is 33.3 Å². The van der Waals surface area contributed by atoms with Gasteiger partial charge in [0.25, 0.3) is 0 Å². The highest BCUT2D eigenvalue weighted by molar-refractivity contribution is 5.96. The predicted octanol–water partition coefficient (Wildman–Crippen LogP) is 3.26. The number of amides is 2. The first kappa shape index (κ1) is 15.5. The maximum atomic E-state index is 12.8. The summed E-state index contributed by atoms with van der Waals surface area (Å²) in [6.45, 7) is 8.05. The van der Waals surface area contributed by atoms with Crippen molar-refractivity contribution in [3.63, 3.8) is 0 Å². The van der Waals surface area contributed by atoms with Crippen molar-refractivity contribution in [2.24, 2.45) is 11.3 Å². The van der Waals surface area contributed by atoms with Crippen LogP contribution in [-0.2, 0) is 16.0 Å².